The Balaban J connectivity index is 1.30. The van der Waals surface area contributed by atoms with Crippen molar-refractivity contribution in [3.05, 3.63) is 95.8 Å². The van der Waals surface area contributed by atoms with E-state index in [1.165, 1.54) is 12.1 Å². The Morgan fingerprint density at radius 2 is 1.45 bits per heavy atom. The number of benzene rings is 3. The first-order valence-corrected chi connectivity index (χ1v) is 13.2. The molecular formula is C31H37FN4O2. The zero-order valence-corrected chi connectivity index (χ0v) is 22.5. The molecule has 7 heteroatoms. The van der Waals surface area contributed by atoms with Crippen LogP contribution in [0.25, 0.3) is 11.1 Å². The topological polar surface area (TPSA) is 55.9 Å². The van der Waals surface area contributed by atoms with E-state index in [4.69, 9.17) is 0 Å². The van der Waals surface area contributed by atoms with Crippen LogP contribution >= 0.6 is 0 Å². The van der Waals surface area contributed by atoms with E-state index in [-0.39, 0.29) is 23.3 Å². The summed E-state index contributed by atoms with van der Waals surface area (Å²) in [5.74, 6) is -0.245. The van der Waals surface area contributed by atoms with E-state index in [1.807, 2.05) is 68.1 Å². The predicted octanol–water partition coefficient (Wildman–Crippen LogP) is 5.26. The second-order valence-electron chi connectivity index (χ2n) is 10.8. The Hall–Kier alpha value is -3.71. The Labute approximate surface area is 225 Å². The number of halogens is 1. The first kappa shape index (κ1) is 27.3. The summed E-state index contributed by atoms with van der Waals surface area (Å²) in [4.78, 5) is 32.0. The van der Waals surface area contributed by atoms with E-state index in [0.717, 1.165) is 29.8 Å². The largest absolute Gasteiger partial charge is 0.336 e. The number of hydrogen-bond donors (Lipinski definition) is 1. The average molecular weight is 517 g/mol. The number of piperazine rings is 1. The fourth-order valence-corrected chi connectivity index (χ4v) is 4.52. The summed E-state index contributed by atoms with van der Waals surface area (Å²) in [5, 5.41) is 3.03. The maximum atomic E-state index is 13.4. The van der Waals surface area contributed by atoms with Gasteiger partial charge in [-0.05, 0) is 61.7 Å². The molecule has 0 saturated carbocycles. The van der Waals surface area contributed by atoms with Crippen LogP contribution in [-0.4, -0.2) is 71.4 Å². The van der Waals surface area contributed by atoms with Crippen LogP contribution in [0.4, 0.5) is 9.18 Å². The lowest BCUT2D eigenvalue weighted by molar-refractivity contribution is 0.0627. The lowest BCUT2D eigenvalue weighted by atomic mass is 10.0. The van der Waals surface area contributed by atoms with Crippen LogP contribution in [0.5, 0.6) is 0 Å². The normalized spacial score (nSPS) is 14.3. The lowest BCUT2D eigenvalue weighted by Crippen LogP contribution is -2.52. The van der Waals surface area contributed by atoms with E-state index in [0.29, 0.717) is 38.3 Å². The molecular weight excluding hydrogens is 479 g/mol. The van der Waals surface area contributed by atoms with Crippen molar-refractivity contribution < 1.29 is 14.0 Å². The van der Waals surface area contributed by atoms with Gasteiger partial charge in [0.25, 0.3) is 5.91 Å². The van der Waals surface area contributed by atoms with E-state index in [2.05, 4.69) is 22.3 Å². The number of urea groups is 1. The van der Waals surface area contributed by atoms with E-state index in [1.54, 1.807) is 17.0 Å². The molecule has 0 spiro atoms. The molecule has 4 rings (SSSR count). The van der Waals surface area contributed by atoms with Gasteiger partial charge in [-0.25, -0.2) is 9.18 Å². The van der Waals surface area contributed by atoms with Gasteiger partial charge in [-0.15, -0.1) is 0 Å². The minimum Gasteiger partial charge on any atom is -0.336 e. The van der Waals surface area contributed by atoms with Crippen molar-refractivity contribution in [2.24, 2.45) is 0 Å². The number of carbonyl (C=O) groups is 2. The fraction of sp³-hybridized carbons (Fsp3) is 0.355. The Morgan fingerprint density at radius 3 is 2.05 bits per heavy atom. The van der Waals surface area contributed by atoms with E-state index in [9.17, 15) is 14.0 Å². The minimum absolute atomic E-state index is 0.0479. The van der Waals surface area contributed by atoms with Crippen molar-refractivity contribution in [3.8, 4) is 11.1 Å². The van der Waals surface area contributed by atoms with Crippen molar-refractivity contribution in [1.29, 1.82) is 0 Å². The molecule has 1 aliphatic heterocycles. The molecule has 1 fully saturated rings. The summed E-state index contributed by atoms with van der Waals surface area (Å²) in [5.41, 5.74) is 3.44. The van der Waals surface area contributed by atoms with Gasteiger partial charge >= 0.3 is 6.03 Å². The molecule has 0 radical (unpaired) electrons. The summed E-state index contributed by atoms with van der Waals surface area (Å²) >= 11 is 0. The summed E-state index contributed by atoms with van der Waals surface area (Å²) < 4.78 is 13.4. The fourth-order valence-electron chi connectivity index (χ4n) is 4.52. The first-order chi connectivity index (χ1) is 18.2. The van der Waals surface area contributed by atoms with Gasteiger partial charge in [0.2, 0.25) is 0 Å². The number of nitrogens with zero attached hydrogens (tertiary/aromatic N) is 3. The molecule has 200 valence electrons. The van der Waals surface area contributed by atoms with Crippen molar-refractivity contribution in [3.63, 3.8) is 0 Å². The van der Waals surface area contributed by atoms with Crippen LogP contribution in [0.2, 0.25) is 0 Å². The van der Waals surface area contributed by atoms with Crippen LogP contribution in [0.15, 0.2) is 78.9 Å². The molecule has 6 nitrogen and oxygen atoms in total. The molecule has 1 aliphatic rings. The second kappa shape index (κ2) is 12.2. The zero-order chi connectivity index (χ0) is 27.1. The molecule has 3 aromatic carbocycles. The maximum absolute atomic E-state index is 13.4. The molecule has 0 atom stereocenters. The van der Waals surface area contributed by atoms with Crippen molar-refractivity contribution in [2.45, 2.75) is 32.9 Å². The molecule has 3 amide bonds. The molecule has 38 heavy (non-hydrogen) atoms. The molecule has 0 bridgehead atoms. The zero-order valence-electron chi connectivity index (χ0n) is 22.5. The molecule has 1 saturated heterocycles. The Bertz CT molecular complexity index is 1200. The minimum atomic E-state index is -0.358. The van der Waals surface area contributed by atoms with Crippen LogP contribution < -0.4 is 5.32 Å². The highest BCUT2D eigenvalue weighted by Gasteiger charge is 2.24. The van der Waals surface area contributed by atoms with Gasteiger partial charge in [0, 0.05) is 56.9 Å². The maximum Gasteiger partial charge on any atom is 0.318 e. The second-order valence-corrected chi connectivity index (χ2v) is 10.8. The Kier molecular flexibility index (Phi) is 8.79. The third kappa shape index (κ3) is 7.65. The molecule has 0 aliphatic carbocycles. The van der Waals surface area contributed by atoms with E-state index >= 15 is 0 Å². The number of hydrogen-bond acceptors (Lipinski definition) is 3. The van der Waals surface area contributed by atoms with Crippen LogP contribution in [0, 0.1) is 5.82 Å². The Morgan fingerprint density at radius 1 is 0.842 bits per heavy atom. The van der Waals surface area contributed by atoms with Crippen molar-refractivity contribution in [1.82, 2.24) is 20.0 Å². The van der Waals surface area contributed by atoms with Gasteiger partial charge in [0.15, 0.2) is 0 Å². The van der Waals surface area contributed by atoms with Crippen LogP contribution in [-0.2, 0) is 6.54 Å². The molecule has 1 heterocycles. The van der Waals surface area contributed by atoms with Crippen molar-refractivity contribution >= 4 is 11.9 Å². The van der Waals surface area contributed by atoms with Gasteiger partial charge in [0.1, 0.15) is 5.82 Å². The number of carbonyl (C=O) groups excluding carboxylic acids is 2. The van der Waals surface area contributed by atoms with Gasteiger partial charge in [-0.2, -0.15) is 0 Å². The average Bonchev–Trinajstić information content (AvgIpc) is 2.91. The monoisotopic (exact) mass is 516 g/mol. The summed E-state index contributed by atoms with van der Waals surface area (Å²) in [6.07, 6.45) is 0. The smallest absolute Gasteiger partial charge is 0.318 e. The number of nitrogens with one attached hydrogen (secondary N) is 1. The third-order valence-electron chi connectivity index (χ3n) is 6.64. The highest BCUT2D eigenvalue weighted by Crippen LogP contribution is 2.20. The first-order valence-electron chi connectivity index (χ1n) is 13.2. The summed E-state index contributed by atoms with van der Waals surface area (Å²) in [6, 6.07) is 24.0. The van der Waals surface area contributed by atoms with Gasteiger partial charge in [0.05, 0.1) is 0 Å². The highest BCUT2D eigenvalue weighted by molar-refractivity contribution is 5.94. The van der Waals surface area contributed by atoms with Crippen molar-refractivity contribution in [2.75, 3.05) is 39.3 Å². The quantitative estimate of drug-likeness (QED) is 0.466. The highest BCUT2D eigenvalue weighted by atomic mass is 19.1. The van der Waals surface area contributed by atoms with Crippen LogP contribution in [0.1, 0.15) is 36.7 Å². The lowest BCUT2D eigenvalue weighted by Gasteiger charge is -2.36. The molecule has 0 aromatic heterocycles. The predicted molar refractivity (Wildman–Crippen MR) is 149 cm³/mol. The van der Waals surface area contributed by atoms with Gasteiger partial charge in [-0.1, -0.05) is 54.6 Å². The SMILES string of the molecule is CC(C)(C)NC(=O)N(CCN1CCN(C(=O)c2ccc(-c3ccccc3)cc2)CC1)Cc1ccc(F)cc1. The van der Waals surface area contributed by atoms with Gasteiger partial charge in [-0.3, -0.25) is 9.69 Å². The van der Waals surface area contributed by atoms with Gasteiger partial charge < -0.3 is 15.1 Å². The van der Waals surface area contributed by atoms with Crippen LogP contribution in [0.3, 0.4) is 0 Å². The number of rotatable bonds is 7. The number of amides is 3. The van der Waals surface area contributed by atoms with E-state index < -0.39 is 0 Å². The molecule has 3 aromatic rings. The standard InChI is InChI=1S/C31H37FN4O2/c1-31(2,3)33-30(38)36(23-24-9-15-28(32)16-10-24)22-19-34-17-20-35(21-18-34)29(37)27-13-11-26(12-14-27)25-7-5-4-6-8-25/h4-16H,17-23H2,1-3H3,(H,33,38). The third-order valence-corrected chi connectivity index (χ3v) is 6.64. The molecule has 0 unspecified atom stereocenters. The molecule has 1 N–H and O–H groups in total. The summed E-state index contributed by atoms with van der Waals surface area (Å²) in [7, 11) is 0. The summed E-state index contributed by atoms with van der Waals surface area (Å²) in [6.45, 7) is 10.3.